The van der Waals surface area contributed by atoms with Gasteiger partial charge in [0.05, 0.1) is 0 Å². The molecule has 1 N–H and O–H groups in total. The van der Waals surface area contributed by atoms with E-state index < -0.39 is 0 Å². The number of phenols is 1. The van der Waals surface area contributed by atoms with Crippen molar-refractivity contribution in [2.75, 3.05) is 7.05 Å². The third-order valence-electron chi connectivity index (χ3n) is 4.45. The fourth-order valence-corrected chi connectivity index (χ4v) is 3.11. The molecule has 0 spiro atoms. The lowest BCUT2D eigenvalue weighted by Crippen LogP contribution is -2.37. The monoisotopic (exact) mass is 247 g/mol. The molecule has 2 nitrogen and oxygen atoms in total. The number of aromatic hydroxyl groups is 1. The second-order valence-electron chi connectivity index (χ2n) is 5.86. The third kappa shape index (κ3) is 3.05. The molecule has 0 saturated heterocycles. The van der Waals surface area contributed by atoms with E-state index in [1.807, 2.05) is 12.1 Å². The Balaban J connectivity index is 2.05. The van der Waals surface area contributed by atoms with Crippen LogP contribution in [0.2, 0.25) is 0 Å². The van der Waals surface area contributed by atoms with Gasteiger partial charge in [0.2, 0.25) is 0 Å². The van der Waals surface area contributed by atoms with Crippen molar-refractivity contribution < 1.29 is 5.11 Å². The van der Waals surface area contributed by atoms with E-state index in [9.17, 15) is 5.11 Å². The van der Waals surface area contributed by atoms with Crippen molar-refractivity contribution in [1.29, 1.82) is 0 Å². The van der Waals surface area contributed by atoms with E-state index in [1.165, 1.54) is 31.2 Å². The van der Waals surface area contributed by atoms with Gasteiger partial charge < -0.3 is 5.11 Å². The van der Waals surface area contributed by atoms with E-state index in [-0.39, 0.29) is 0 Å². The maximum Gasteiger partial charge on any atom is 0.115 e. The summed E-state index contributed by atoms with van der Waals surface area (Å²) in [5.41, 5.74) is 1.20. The minimum absolute atomic E-state index is 0.366. The van der Waals surface area contributed by atoms with Crippen molar-refractivity contribution in [3.63, 3.8) is 0 Å². The van der Waals surface area contributed by atoms with Gasteiger partial charge in [0, 0.05) is 12.1 Å². The van der Waals surface area contributed by atoms with Crippen LogP contribution in [0.15, 0.2) is 24.3 Å². The summed E-state index contributed by atoms with van der Waals surface area (Å²) in [7, 11) is 2.22. The SMILES string of the molecule is CC1CCCC(N(C)C(C)c2cccc(O)c2)C1. The highest BCUT2D eigenvalue weighted by Crippen LogP contribution is 2.32. The zero-order chi connectivity index (χ0) is 13.1. The molecule has 1 aromatic carbocycles. The molecule has 0 bridgehead atoms. The highest BCUT2D eigenvalue weighted by atomic mass is 16.3. The fraction of sp³-hybridized carbons (Fsp3) is 0.625. The van der Waals surface area contributed by atoms with Gasteiger partial charge >= 0.3 is 0 Å². The van der Waals surface area contributed by atoms with E-state index in [1.54, 1.807) is 6.07 Å². The van der Waals surface area contributed by atoms with Crippen LogP contribution < -0.4 is 0 Å². The first-order valence-electron chi connectivity index (χ1n) is 7.08. The van der Waals surface area contributed by atoms with Crippen LogP contribution in [0.3, 0.4) is 0 Å². The Morgan fingerprint density at radius 1 is 1.33 bits per heavy atom. The molecule has 2 rings (SSSR count). The van der Waals surface area contributed by atoms with Crippen molar-refractivity contribution >= 4 is 0 Å². The van der Waals surface area contributed by atoms with Crippen LogP contribution in [-0.2, 0) is 0 Å². The Labute approximate surface area is 111 Å². The van der Waals surface area contributed by atoms with E-state index in [4.69, 9.17) is 0 Å². The van der Waals surface area contributed by atoms with Gasteiger partial charge in [-0.05, 0) is 50.4 Å². The fourth-order valence-electron chi connectivity index (χ4n) is 3.11. The number of benzene rings is 1. The van der Waals surface area contributed by atoms with Crippen LogP contribution in [0.5, 0.6) is 5.75 Å². The van der Waals surface area contributed by atoms with Gasteiger partial charge in [0.15, 0.2) is 0 Å². The van der Waals surface area contributed by atoms with Crippen molar-refractivity contribution in [2.24, 2.45) is 5.92 Å². The minimum atomic E-state index is 0.366. The molecule has 0 amide bonds. The lowest BCUT2D eigenvalue weighted by Gasteiger charge is -2.38. The molecule has 100 valence electrons. The summed E-state index contributed by atoms with van der Waals surface area (Å²) in [6.07, 6.45) is 5.34. The molecule has 3 atom stereocenters. The lowest BCUT2D eigenvalue weighted by molar-refractivity contribution is 0.126. The predicted molar refractivity (Wildman–Crippen MR) is 75.7 cm³/mol. The van der Waals surface area contributed by atoms with Crippen LogP contribution in [0.1, 0.15) is 51.1 Å². The molecule has 0 heterocycles. The molecule has 0 aromatic heterocycles. The first kappa shape index (κ1) is 13.4. The van der Waals surface area contributed by atoms with Gasteiger partial charge in [-0.25, -0.2) is 0 Å². The first-order valence-corrected chi connectivity index (χ1v) is 7.08. The van der Waals surface area contributed by atoms with Crippen LogP contribution in [0, 0.1) is 5.92 Å². The Hall–Kier alpha value is -1.02. The Bertz CT molecular complexity index is 390. The van der Waals surface area contributed by atoms with Crippen LogP contribution >= 0.6 is 0 Å². The maximum atomic E-state index is 9.58. The molecule has 1 saturated carbocycles. The summed E-state index contributed by atoms with van der Waals surface area (Å²) >= 11 is 0. The number of hydrogen-bond acceptors (Lipinski definition) is 2. The molecular formula is C16H25NO. The summed E-state index contributed by atoms with van der Waals surface area (Å²) in [6, 6.07) is 8.70. The van der Waals surface area contributed by atoms with E-state index in [2.05, 4.69) is 31.9 Å². The Morgan fingerprint density at radius 2 is 2.11 bits per heavy atom. The maximum absolute atomic E-state index is 9.58. The average Bonchev–Trinajstić information content (AvgIpc) is 2.37. The number of hydrogen-bond donors (Lipinski definition) is 1. The predicted octanol–water partition coefficient (Wildman–Crippen LogP) is 3.96. The van der Waals surface area contributed by atoms with Crippen molar-refractivity contribution in [3.8, 4) is 5.75 Å². The molecule has 3 unspecified atom stereocenters. The molecule has 18 heavy (non-hydrogen) atoms. The molecule has 2 heteroatoms. The molecule has 0 aliphatic heterocycles. The Morgan fingerprint density at radius 3 is 2.78 bits per heavy atom. The Kier molecular flexibility index (Phi) is 4.28. The molecule has 1 aliphatic rings. The van der Waals surface area contributed by atoms with Gasteiger partial charge in [0.25, 0.3) is 0 Å². The topological polar surface area (TPSA) is 23.5 Å². The van der Waals surface area contributed by atoms with Gasteiger partial charge in [-0.15, -0.1) is 0 Å². The largest absolute Gasteiger partial charge is 0.508 e. The minimum Gasteiger partial charge on any atom is -0.508 e. The first-order chi connectivity index (χ1) is 8.58. The zero-order valence-electron chi connectivity index (χ0n) is 11.8. The second-order valence-corrected chi connectivity index (χ2v) is 5.86. The number of phenolic OH excluding ortho intramolecular Hbond substituents is 1. The molecule has 1 aromatic rings. The van der Waals surface area contributed by atoms with Crippen molar-refractivity contribution in [1.82, 2.24) is 4.90 Å². The van der Waals surface area contributed by atoms with Gasteiger partial charge in [-0.1, -0.05) is 31.9 Å². The van der Waals surface area contributed by atoms with Crippen molar-refractivity contribution in [3.05, 3.63) is 29.8 Å². The van der Waals surface area contributed by atoms with Crippen LogP contribution in [0.4, 0.5) is 0 Å². The van der Waals surface area contributed by atoms with E-state index >= 15 is 0 Å². The lowest BCUT2D eigenvalue weighted by atomic mass is 9.85. The third-order valence-corrected chi connectivity index (χ3v) is 4.45. The summed E-state index contributed by atoms with van der Waals surface area (Å²) in [6.45, 7) is 4.59. The van der Waals surface area contributed by atoms with E-state index in [0.29, 0.717) is 17.8 Å². The van der Waals surface area contributed by atoms with Gasteiger partial charge in [-0.3, -0.25) is 4.90 Å². The smallest absolute Gasteiger partial charge is 0.115 e. The van der Waals surface area contributed by atoms with E-state index in [0.717, 1.165) is 5.92 Å². The standard InChI is InChI=1S/C16H25NO/c1-12-6-4-8-15(10-12)17(3)13(2)14-7-5-9-16(18)11-14/h5,7,9,11-13,15,18H,4,6,8,10H2,1-3H3. The second kappa shape index (κ2) is 5.75. The highest BCUT2D eigenvalue weighted by Gasteiger charge is 2.25. The quantitative estimate of drug-likeness (QED) is 0.873. The van der Waals surface area contributed by atoms with Crippen molar-refractivity contribution in [2.45, 2.75) is 51.6 Å². The molecular weight excluding hydrogens is 222 g/mol. The van der Waals surface area contributed by atoms with Crippen LogP contribution in [-0.4, -0.2) is 23.1 Å². The average molecular weight is 247 g/mol. The summed E-state index contributed by atoms with van der Waals surface area (Å²) in [4.78, 5) is 2.48. The number of nitrogens with zero attached hydrogens (tertiary/aromatic N) is 1. The summed E-state index contributed by atoms with van der Waals surface area (Å²) in [5, 5.41) is 9.58. The highest BCUT2D eigenvalue weighted by molar-refractivity contribution is 5.29. The summed E-state index contributed by atoms with van der Waals surface area (Å²) in [5.74, 6) is 1.22. The molecule has 0 radical (unpaired) electrons. The molecule has 1 aliphatic carbocycles. The summed E-state index contributed by atoms with van der Waals surface area (Å²) < 4.78 is 0. The normalized spacial score (nSPS) is 26.2. The van der Waals surface area contributed by atoms with Gasteiger partial charge in [0.1, 0.15) is 5.75 Å². The number of rotatable bonds is 3. The molecule has 1 fully saturated rings. The van der Waals surface area contributed by atoms with Gasteiger partial charge in [-0.2, -0.15) is 0 Å². The van der Waals surface area contributed by atoms with Crippen LogP contribution in [0.25, 0.3) is 0 Å². The zero-order valence-corrected chi connectivity index (χ0v) is 11.8.